The summed E-state index contributed by atoms with van der Waals surface area (Å²) in [5, 5.41) is 11.9. The number of carbonyl (C=O) groups excluding carboxylic acids is 2. The van der Waals surface area contributed by atoms with Crippen molar-refractivity contribution in [2.45, 2.75) is 39.3 Å². The summed E-state index contributed by atoms with van der Waals surface area (Å²) in [5.41, 5.74) is 1.22. The topological polar surface area (TPSA) is 117 Å². The van der Waals surface area contributed by atoms with Crippen LogP contribution in [0, 0.1) is 0 Å². The van der Waals surface area contributed by atoms with E-state index in [1.165, 1.54) is 6.26 Å². The van der Waals surface area contributed by atoms with Gasteiger partial charge in [0.2, 0.25) is 0 Å². The molecule has 0 aliphatic rings. The number of nitrogens with one attached hydrogen (secondary N) is 4. The van der Waals surface area contributed by atoms with Crippen LogP contribution in [-0.4, -0.2) is 43.7 Å². The average molecular weight is 430 g/mol. The van der Waals surface area contributed by atoms with E-state index in [1.54, 1.807) is 19.2 Å². The molecule has 0 atom stereocenters. The van der Waals surface area contributed by atoms with Crippen LogP contribution in [0.15, 0.2) is 52.1 Å². The number of aliphatic imine (C=N–C) groups is 1. The van der Waals surface area contributed by atoms with Gasteiger partial charge in [-0.3, -0.25) is 9.79 Å². The maximum atomic E-state index is 12.0. The summed E-state index contributed by atoms with van der Waals surface area (Å²) < 4.78 is 10.3. The van der Waals surface area contributed by atoms with Crippen molar-refractivity contribution in [2.75, 3.05) is 25.5 Å². The Hall–Kier alpha value is -3.49. The van der Waals surface area contributed by atoms with Gasteiger partial charge < -0.3 is 30.4 Å². The highest BCUT2D eigenvalue weighted by Crippen LogP contribution is 2.12. The number of nitrogens with zero attached hydrogens (tertiary/aromatic N) is 1. The summed E-state index contributed by atoms with van der Waals surface area (Å²) in [5.74, 6) is 0.635. The SMILES string of the molecule is CN=C(NCCCNC(=O)OC(C)(C)C)NCc1ccc(NC(=O)c2ccco2)cc1. The molecule has 2 amide bonds. The van der Waals surface area contributed by atoms with Gasteiger partial charge in [0.05, 0.1) is 6.26 Å². The molecule has 4 N–H and O–H groups in total. The van der Waals surface area contributed by atoms with Crippen LogP contribution in [0.4, 0.5) is 10.5 Å². The van der Waals surface area contributed by atoms with Gasteiger partial charge in [-0.05, 0) is 57.0 Å². The predicted octanol–water partition coefficient (Wildman–Crippen LogP) is 3.11. The Balaban J connectivity index is 1.66. The van der Waals surface area contributed by atoms with Crippen LogP contribution in [0.2, 0.25) is 0 Å². The molecule has 1 aromatic heterocycles. The van der Waals surface area contributed by atoms with E-state index in [-0.39, 0.29) is 11.7 Å². The van der Waals surface area contributed by atoms with Gasteiger partial charge >= 0.3 is 6.09 Å². The lowest BCUT2D eigenvalue weighted by molar-refractivity contribution is 0.0527. The minimum absolute atomic E-state index is 0.266. The second kappa shape index (κ2) is 11.6. The highest BCUT2D eigenvalue weighted by molar-refractivity contribution is 6.02. The molecule has 9 heteroatoms. The fourth-order valence-electron chi connectivity index (χ4n) is 2.51. The van der Waals surface area contributed by atoms with E-state index < -0.39 is 11.7 Å². The highest BCUT2D eigenvalue weighted by atomic mass is 16.6. The van der Waals surface area contributed by atoms with E-state index >= 15 is 0 Å². The number of benzene rings is 1. The second-order valence-electron chi connectivity index (χ2n) is 7.76. The third kappa shape index (κ3) is 9.24. The Morgan fingerprint density at radius 2 is 1.74 bits per heavy atom. The Kier molecular flexibility index (Phi) is 8.93. The van der Waals surface area contributed by atoms with Gasteiger partial charge in [-0.25, -0.2) is 4.79 Å². The molecular weight excluding hydrogens is 398 g/mol. The first-order chi connectivity index (χ1) is 14.8. The van der Waals surface area contributed by atoms with Gasteiger partial charge in [-0.2, -0.15) is 0 Å². The van der Waals surface area contributed by atoms with Crippen molar-refractivity contribution in [3.63, 3.8) is 0 Å². The molecule has 0 aliphatic carbocycles. The molecule has 2 rings (SSSR count). The maximum absolute atomic E-state index is 12.0. The molecule has 31 heavy (non-hydrogen) atoms. The fraction of sp³-hybridized carbons (Fsp3) is 0.409. The summed E-state index contributed by atoms with van der Waals surface area (Å²) in [6.07, 6.45) is 1.77. The second-order valence-corrected chi connectivity index (χ2v) is 7.76. The Morgan fingerprint density at radius 3 is 2.35 bits per heavy atom. The first-order valence-corrected chi connectivity index (χ1v) is 10.1. The summed E-state index contributed by atoms with van der Waals surface area (Å²) >= 11 is 0. The number of amides is 2. The van der Waals surface area contributed by atoms with E-state index in [9.17, 15) is 9.59 Å². The predicted molar refractivity (Wildman–Crippen MR) is 120 cm³/mol. The molecule has 0 unspecified atom stereocenters. The van der Waals surface area contributed by atoms with Gasteiger partial charge in [0.25, 0.3) is 5.91 Å². The Bertz CT molecular complexity index is 855. The number of hydrogen-bond donors (Lipinski definition) is 4. The molecule has 0 spiro atoms. The third-order valence-electron chi connectivity index (χ3n) is 3.95. The summed E-state index contributed by atoms with van der Waals surface area (Å²) in [6.45, 7) is 7.20. The molecule has 0 saturated carbocycles. The molecule has 0 aliphatic heterocycles. The van der Waals surface area contributed by atoms with Crippen molar-refractivity contribution < 1.29 is 18.7 Å². The van der Waals surface area contributed by atoms with Gasteiger partial charge in [0.15, 0.2) is 11.7 Å². The van der Waals surface area contributed by atoms with E-state index in [1.807, 2.05) is 45.0 Å². The fourth-order valence-corrected chi connectivity index (χ4v) is 2.51. The molecular formula is C22H31N5O4. The smallest absolute Gasteiger partial charge is 0.407 e. The quantitative estimate of drug-likeness (QED) is 0.291. The Morgan fingerprint density at radius 1 is 1.03 bits per heavy atom. The summed E-state index contributed by atoms with van der Waals surface area (Å²) in [6, 6.07) is 10.8. The molecule has 0 radical (unpaired) electrons. The van der Waals surface area contributed by atoms with Crippen molar-refractivity contribution in [1.82, 2.24) is 16.0 Å². The van der Waals surface area contributed by atoms with Gasteiger partial charge in [-0.15, -0.1) is 0 Å². The van der Waals surface area contributed by atoms with Crippen molar-refractivity contribution in [2.24, 2.45) is 4.99 Å². The largest absolute Gasteiger partial charge is 0.459 e. The lowest BCUT2D eigenvalue weighted by Crippen LogP contribution is -2.39. The normalized spacial score (nSPS) is 11.5. The van der Waals surface area contributed by atoms with E-state index in [4.69, 9.17) is 9.15 Å². The standard InChI is InChI=1S/C22H31N5O4/c1-22(2,3)31-21(29)25-13-6-12-24-20(23-4)26-15-16-8-10-17(11-9-16)27-19(28)18-7-5-14-30-18/h5,7-11,14H,6,12-13,15H2,1-4H3,(H,25,29)(H,27,28)(H2,23,24,26). The van der Waals surface area contributed by atoms with Crippen LogP contribution in [0.5, 0.6) is 0 Å². The molecule has 9 nitrogen and oxygen atoms in total. The lowest BCUT2D eigenvalue weighted by Gasteiger charge is -2.19. The van der Waals surface area contributed by atoms with Crippen molar-refractivity contribution in [3.05, 3.63) is 54.0 Å². The maximum Gasteiger partial charge on any atom is 0.407 e. The molecule has 1 aromatic carbocycles. The number of guanidine groups is 1. The van der Waals surface area contributed by atoms with E-state index in [2.05, 4.69) is 26.3 Å². The minimum Gasteiger partial charge on any atom is -0.459 e. The first-order valence-electron chi connectivity index (χ1n) is 10.1. The summed E-state index contributed by atoms with van der Waals surface area (Å²) in [4.78, 5) is 27.8. The van der Waals surface area contributed by atoms with Crippen LogP contribution in [0.3, 0.4) is 0 Å². The number of anilines is 1. The van der Waals surface area contributed by atoms with Crippen LogP contribution in [0.25, 0.3) is 0 Å². The first kappa shape index (κ1) is 23.8. The minimum atomic E-state index is -0.502. The number of rotatable bonds is 8. The molecule has 0 fully saturated rings. The number of hydrogen-bond acceptors (Lipinski definition) is 5. The van der Waals surface area contributed by atoms with Crippen LogP contribution >= 0.6 is 0 Å². The number of carbonyl (C=O) groups is 2. The van der Waals surface area contributed by atoms with Crippen molar-refractivity contribution >= 4 is 23.6 Å². The third-order valence-corrected chi connectivity index (χ3v) is 3.95. The Labute approximate surface area is 182 Å². The van der Waals surface area contributed by atoms with E-state index in [0.717, 1.165) is 12.0 Å². The molecule has 1 heterocycles. The van der Waals surface area contributed by atoms with Gasteiger partial charge in [-0.1, -0.05) is 12.1 Å². The van der Waals surface area contributed by atoms with Crippen LogP contribution in [-0.2, 0) is 11.3 Å². The zero-order valence-corrected chi connectivity index (χ0v) is 18.5. The van der Waals surface area contributed by atoms with Crippen molar-refractivity contribution in [1.29, 1.82) is 0 Å². The monoisotopic (exact) mass is 429 g/mol. The number of alkyl carbamates (subject to hydrolysis) is 1. The zero-order chi connectivity index (χ0) is 22.7. The molecule has 0 saturated heterocycles. The highest BCUT2D eigenvalue weighted by Gasteiger charge is 2.15. The van der Waals surface area contributed by atoms with Gasteiger partial charge in [0, 0.05) is 32.4 Å². The zero-order valence-electron chi connectivity index (χ0n) is 18.5. The van der Waals surface area contributed by atoms with Crippen LogP contribution in [0.1, 0.15) is 43.3 Å². The number of ether oxygens (including phenoxy) is 1. The molecule has 2 aromatic rings. The van der Waals surface area contributed by atoms with Crippen LogP contribution < -0.4 is 21.3 Å². The van der Waals surface area contributed by atoms with E-state index in [0.29, 0.717) is 31.3 Å². The van der Waals surface area contributed by atoms with Crippen molar-refractivity contribution in [3.8, 4) is 0 Å². The average Bonchev–Trinajstić information content (AvgIpc) is 3.25. The lowest BCUT2D eigenvalue weighted by atomic mass is 10.2. The van der Waals surface area contributed by atoms with Gasteiger partial charge in [0.1, 0.15) is 5.60 Å². The number of furan rings is 1. The summed E-state index contributed by atoms with van der Waals surface area (Å²) in [7, 11) is 1.70. The molecule has 0 bridgehead atoms. The molecule has 168 valence electrons.